The Kier molecular flexibility index (Phi) is 5.58. The summed E-state index contributed by atoms with van der Waals surface area (Å²) < 4.78 is 0. The van der Waals surface area contributed by atoms with Crippen molar-refractivity contribution in [2.45, 2.75) is 19.9 Å². The van der Waals surface area contributed by atoms with Crippen molar-refractivity contribution in [1.29, 1.82) is 0 Å². The summed E-state index contributed by atoms with van der Waals surface area (Å²) in [5, 5.41) is 4.50. The Bertz CT molecular complexity index is 638. The first-order chi connectivity index (χ1) is 9.78. The molecule has 0 fully saturated rings. The van der Waals surface area contributed by atoms with Crippen LogP contribution in [0.4, 0.5) is 5.69 Å². The quantitative estimate of drug-likeness (QED) is 0.466. The van der Waals surface area contributed by atoms with Crippen LogP contribution in [0.2, 0.25) is 0 Å². The van der Waals surface area contributed by atoms with Gasteiger partial charge in [0.05, 0.1) is 6.54 Å². The topological polar surface area (TPSA) is 40.5 Å². The summed E-state index contributed by atoms with van der Waals surface area (Å²) in [4.78, 5) is 12.3. The molecule has 1 N–H and O–H groups in total. The number of hydrogen-bond donors (Lipinski definition) is 1. The van der Waals surface area contributed by atoms with Gasteiger partial charge in [-0.15, -0.1) is 35.3 Å². The normalized spacial score (nSPS) is 13.8. The summed E-state index contributed by atoms with van der Waals surface area (Å²) in [6, 6.07) is 8.51. The molecule has 6 heteroatoms. The Hall–Kier alpha value is -1.15. The van der Waals surface area contributed by atoms with Crippen LogP contribution in [0.3, 0.4) is 0 Å². The van der Waals surface area contributed by atoms with Crippen LogP contribution in [0.15, 0.2) is 35.5 Å². The Balaban J connectivity index is 0.00000161. The maximum absolute atomic E-state index is 4.40. The lowest BCUT2D eigenvalue weighted by Gasteiger charge is -2.21. The Morgan fingerprint density at radius 3 is 2.95 bits per heavy atom. The molecule has 2 aromatic rings. The Labute approximate surface area is 146 Å². The first-order valence-electron chi connectivity index (χ1n) is 6.75. The highest BCUT2D eigenvalue weighted by atomic mass is 127. The van der Waals surface area contributed by atoms with Crippen LogP contribution in [0.25, 0.3) is 0 Å². The highest BCUT2D eigenvalue weighted by Crippen LogP contribution is 2.27. The molecule has 1 aromatic heterocycles. The molecule has 0 amide bonds. The minimum Gasteiger partial charge on any atom is -0.349 e. The highest BCUT2D eigenvalue weighted by molar-refractivity contribution is 14.0. The average molecular weight is 414 g/mol. The van der Waals surface area contributed by atoms with E-state index in [4.69, 9.17) is 0 Å². The molecule has 1 aliphatic heterocycles. The van der Waals surface area contributed by atoms with E-state index >= 15 is 0 Å². The van der Waals surface area contributed by atoms with Crippen molar-refractivity contribution in [3.05, 3.63) is 45.9 Å². The molecule has 112 valence electrons. The number of rotatable bonds is 2. The van der Waals surface area contributed by atoms with E-state index in [-0.39, 0.29) is 24.0 Å². The summed E-state index contributed by atoms with van der Waals surface area (Å²) >= 11 is 1.72. The first-order valence-corrected chi connectivity index (χ1v) is 7.57. The predicted octanol–water partition coefficient (Wildman–Crippen LogP) is 3.21. The standard InChI is InChI=1S/C15H18N4S.HI/c1-11-9-17-14(20-11)10-18-15(16-2)19-8-7-12-5-3-4-6-13(12)19;/h3-6,9H,7-8,10H2,1-2H3,(H,16,18);1H. The number of anilines is 1. The van der Waals surface area contributed by atoms with Gasteiger partial charge in [-0.25, -0.2) is 4.98 Å². The Morgan fingerprint density at radius 2 is 2.24 bits per heavy atom. The number of aromatic nitrogens is 1. The lowest BCUT2D eigenvalue weighted by molar-refractivity contribution is 0.859. The first kappa shape index (κ1) is 16.2. The van der Waals surface area contributed by atoms with Crippen molar-refractivity contribution in [2.24, 2.45) is 4.99 Å². The number of nitrogens with one attached hydrogen (secondary N) is 1. The number of halogens is 1. The monoisotopic (exact) mass is 414 g/mol. The number of nitrogens with zero attached hydrogens (tertiary/aromatic N) is 3. The van der Waals surface area contributed by atoms with E-state index in [9.17, 15) is 0 Å². The average Bonchev–Trinajstić information content (AvgIpc) is 3.07. The number of fused-ring (bicyclic) bond motifs is 1. The van der Waals surface area contributed by atoms with Gasteiger partial charge in [0.1, 0.15) is 5.01 Å². The fourth-order valence-electron chi connectivity index (χ4n) is 2.49. The second-order valence-electron chi connectivity index (χ2n) is 4.80. The van der Waals surface area contributed by atoms with Gasteiger partial charge in [0, 0.05) is 30.4 Å². The van der Waals surface area contributed by atoms with Crippen LogP contribution in [-0.2, 0) is 13.0 Å². The third-order valence-electron chi connectivity index (χ3n) is 3.42. The van der Waals surface area contributed by atoms with E-state index in [0.717, 1.165) is 30.5 Å². The lowest BCUT2D eigenvalue weighted by Crippen LogP contribution is -2.40. The summed E-state index contributed by atoms with van der Waals surface area (Å²) in [5.74, 6) is 0.919. The molecule has 1 aromatic carbocycles. The van der Waals surface area contributed by atoms with E-state index in [1.54, 1.807) is 11.3 Å². The molecular weight excluding hydrogens is 395 g/mol. The van der Waals surface area contributed by atoms with Crippen molar-refractivity contribution in [1.82, 2.24) is 10.3 Å². The van der Waals surface area contributed by atoms with Crippen LogP contribution in [0.1, 0.15) is 15.4 Å². The molecule has 0 aliphatic carbocycles. The van der Waals surface area contributed by atoms with Gasteiger partial charge in [-0.3, -0.25) is 4.99 Å². The summed E-state index contributed by atoms with van der Waals surface area (Å²) in [7, 11) is 1.83. The molecule has 0 unspecified atom stereocenters. The predicted molar refractivity (Wildman–Crippen MR) is 100.0 cm³/mol. The van der Waals surface area contributed by atoms with Crippen molar-refractivity contribution in [2.75, 3.05) is 18.5 Å². The number of aliphatic imine (C=N–C) groups is 1. The van der Waals surface area contributed by atoms with Gasteiger partial charge in [0.15, 0.2) is 5.96 Å². The van der Waals surface area contributed by atoms with E-state index in [2.05, 4.69) is 51.4 Å². The largest absolute Gasteiger partial charge is 0.349 e. The smallest absolute Gasteiger partial charge is 0.198 e. The van der Waals surface area contributed by atoms with Gasteiger partial charge in [0.2, 0.25) is 0 Å². The van der Waals surface area contributed by atoms with Crippen LogP contribution in [0.5, 0.6) is 0 Å². The minimum atomic E-state index is 0. The number of para-hydroxylation sites is 1. The van der Waals surface area contributed by atoms with E-state index in [1.165, 1.54) is 16.1 Å². The molecule has 3 rings (SSSR count). The second kappa shape index (κ2) is 7.22. The second-order valence-corrected chi connectivity index (χ2v) is 6.12. The zero-order valence-electron chi connectivity index (χ0n) is 12.2. The zero-order chi connectivity index (χ0) is 13.9. The molecular formula is C15H19IN4S. The molecule has 0 bridgehead atoms. The van der Waals surface area contributed by atoms with Crippen LogP contribution in [0, 0.1) is 6.92 Å². The zero-order valence-corrected chi connectivity index (χ0v) is 15.3. The van der Waals surface area contributed by atoms with Gasteiger partial charge >= 0.3 is 0 Å². The molecule has 0 saturated carbocycles. The maximum Gasteiger partial charge on any atom is 0.198 e. The van der Waals surface area contributed by atoms with Crippen LogP contribution in [-0.4, -0.2) is 24.5 Å². The van der Waals surface area contributed by atoms with Gasteiger partial charge < -0.3 is 10.2 Å². The SMILES string of the molecule is CN=C(NCc1ncc(C)s1)N1CCc2ccccc21.I. The Morgan fingerprint density at radius 1 is 1.43 bits per heavy atom. The molecule has 0 saturated heterocycles. The van der Waals surface area contributed by atoms with Gasteiger partial charge in [-0.05, 0) is 25.0 Å². The molecule has 0 atom stereocenters. The highest BCUT2D eigenvalue weighted by Gasteiger charge is 2.22. The number of guanidine groups is 1. The van der Waals surface area contributed by atoms with Crippen molar-refractivity contribution in [3.8, 4) is 0 Å². The molecule has 1 aliphatic rings. The van der Waals surface area contributed by atoms with Crippen molar-refractivity contribution >= 4 is 47.0 Å². The van der Waals surface area contributed by atoms with E-state index in [1.807, 2.05) is 13.2 Å². The summed E-state index contributed by atoms with van der Waals surface area (Å²) in [5.41, 5.74) is 2.65. The number of hydrogen-bond acceptors (Lipinski definition) is 3. The minimum absolute atomic E-state index is 0. The van der Waals surface area contributed by atoms with Crippen LogP contribution >= 0.6 is 35.3 Å². The molecule has 0 radical (unpaired) electrons. The van der Waals surface area contributed by atoms with Crippen LogP contribution < -0.4 is 10.2 Å². The van der Waals surface area contributed by atoms with Gasteiger partial charge in [-0.2, -0.15) is 0 Å². The molecule has 21 heavy (non-hydrogen) atoms. The molecule has 4 nitrogen and oxygen atoms in total. The van der Waals surface area contributed by atoms with E-state index < -0.39 is 0 Å². The van der Waals surface area contributed by atoms with Crippen molar-refractivity contribution in [3.63, 3.8) is 0 Å². The number of benzene rings is 1. The molecule has 0 spiro atoms. The summed E-state index contributed by atoms with van der Waals surface area (Å²) in [6.45, 7) is 3.78. The lowest BCUT2D eigenvalue weighted by atomic mass is 10.2. The third kappa shape index (κ3) is 3.55. The van der Waals surface area contributed by atoms with E-state index in [0.29, 0.717) is 0 Å². The van der Waals surface area contributed by atoms with Gasteiger partial charge in [0.25, 0.3) is 0 Å². The number of thiazole rings is 1. The third-order valence-corrected chi connectivity index (χ3v) is 4.33. The fourth-order valence-corrected chi connectivity index (χ4v) is 3.22. The summed E-state index contributed by atoms with van der Waals surface area (Å²) in [6.07, 6.45) is 2.99. The molecule has 2 heterocycles. The number of aryl methyl sites for hydroxylation is 1. The maximum atomic E-state index is 4.40. The van der Waals surface area contributed by atoms with Crippen molar-refractivity contribution < 1.29 is 0 Å². The fraction of sp³-hybridized carbons (Fsp3) is 0.333. The van der Waals surface area contributed by atoms with Gasteiger partial charge in [-0.1, -0.05) is 18.2 Å².